The molecule has 0 spiro atoms. The Labute approximate surface area is 86.4 Å². The monoisotopic (exact) mass is 198 g/mol. The number of hydrogen-bond acceptors (Lipinski definition) is 3. The summed E-state index contributed by atoms with van der Waals surface area (Å²) in [7, 11) is 0. The van der Waals surface area contributed by atoms with Crippen LogP contribution in [0, 0.1) is 0 Å². The van der Waals surface area contributed by atoms with Gasteiger partial charge in [-0.2, -0.15) is 0 Å². The summed E-state index contributed by atoms with van der Waals surface area (Å²) in [5, 5.41) is 3.72. The molecule has 3 heteroatoms. The molecule has 1 saturated carbocycles. The lowest BCUT2D eigenvalue weighted by molar-refractivity contribution is 0.0114. The summed E-state index contributed by atoms with van der Waals surface area (Å²) in [6.45, 7) is 3.08. The van der Waals surface area contributed by atoms with Crippen LogP contribution in [-0.4, -0.2) is 30.8 Å². The molecule has 14 heavy (non-hydrogen) atoms. The van der Waals surface area contributed by atoms with Crippen LogP contribution in [0.15, 0.2) is 0 Å². The first-order valence-corrected chi connectivity index (χ1v) is 5.87. The van der Waals surface area contributed by atoms with Crippen LogP contribution in [0.3, 0.4) is 0 Å². The molecular formula is C11H22N2O. The minimum absolute atomic E-state index is 0.427. The molecule has 0 radical (unpaired) electrons. The Balaban J connectivity index is 1.74. The third-order valence-corrected chi connectivity index (χ3v) is 3.43. The van der Waals surface area contributed by atoms with E-state index >= 15 is 0 Å². The molecular weight excluding hydrogens is 176 g/mol. The van der Waals surface area contributed by atoms with Crippen LogP contribution in [0.5, 0.6) is 0 Å². The average molecular weight is 198 g/mol. The molecule has 0 bridgehead atoms. The van der Waals surface area contributed by atoms with Crippen molar-refractivity contribution in [3.63, 3.8) is 0 Å². The molecule has 2 aliphatic rings. The van der Waals surface area contributed by atoms with Crippen LogP contribution in [0.4, 0.5) is 0 Å². The van der Waals surface area contributed by atoms with E-state index in [1.807, 2.05) is 0 Å². The van der Waals surface area contributed by atoms with E-state index in [1.54, 1.807) is 0 Å². The van der Waals surface area contributed by atoms with Crippen molar-refractivity contribution in [1.82, 2.24) is 5.32 Å². The van der Waals surface area contributed by atoms with E-state index in [1.165, 1.54) is 12.8 Å². The summed E-state index contributed by atoms with van der Waals surface area (Å²) in [5.41, 5.74) is 5.89. The van der Waals surface area contributed by atoms with Gasteiger partial charge in [0.1, 0.15) is 0 Å². The lowest BCUT2D eigenvalue weighted by Gasteiger charge is -2.30. The van der Waals surface area contributed by atoms with Gasteiger partial charge in [0.25, 0.3) is 0 Å². The van der Waals surface area contributed by atoms with Crippen LogP contribution in [0.25, 0.3) is 0 Å². The van der Waals surface area contributed by atoms with Gasteiger partial charge in [0.05, 0.1) is 6.10 Å². The molecule has 2 fully saturated rings. The second kappa shape index (κ2) is 4.60. The first kappa shape index (κ1) is 10.4. The van der Waals surface area contributed by atoms with Crippen LogP contribution < -0.4 is 11.1 Å². The van der Waals surface area contributed by atoms with E-state index in [0.717, 1.165) is 25.9 Å². The van der Waals surface area contributed by atoms with E-state index in [-0.39, 0.29) is 0 Å². The fraction of sp³-hybridized carbons (Fsp3) is 1.00. The Bertz CT molecular complexity index is 186. The second-order valence-electron chi connectivity index (χ2n) is 4.84. The van der Waals surface area contributed by atoms with Crippen LogP contribution >= 0.6 is 0 Å². The van der Waals surface area contributed by atoms with Gasteiger partial charge < -0.3 is 15.8 Å². The SMILES string of the molecule is CC1CC(NC2CCC(N)C2)CCO1. The zero-order valence-electron chi connectivity index (χ0n) is 9.04. The number of rotatable bonds is 2. The van der Waals surface area contributed by atoms with Gasteiger partial charge in [0.2, 0.25) is 0 Å². The Kier molecular flexibility index (Phi) is 3.42. The van der Waals surface area contributed by atoms with Crippen LogP contribution in [0.1, 0.15) is 39.0 Å². The summed E-state index contributed by atoms with van der Waals surface area (Å²) < 4.78 is 5.53. The Morgan fingerprint density at radius 1 is 1.14 bits per heavy atom. The zero-order valence-corrected chi connectivity index (χ0v) is 9.04. The predicted octanol–water partition coefficient (Wildman–Crippen LogP) is 1.02. The van der Waals surface area contributed by atoms with Gasteiger partial charge in [-0.25, -0.2) is 0 Å². The van der Waals surface area contributed by atoms with Crippen molar-refractivity contribution in [2.45, 2.75) is 63.3 Å². The molecule has 4 unspecified atom stereocenters. The van der Waals surface area contributed by atoms with E-state index in [4.69, 9.17) is 10.5 Å². The highest BCUT2D eigenvalue weighted by atomic mass is 16.5. The molecule has 4 atom stereocenters. The number of nitrogens with two attached hydrogens (primary N) is 1. The summed E-state index contributed by atoms with van der Waals surface area (Å²) >= 11 is 0. The minimum Gasteiger partial charge on any atom is -0.378 e. The topological polar surface area (TPSA) is 47.3 Å². The fourth-order valence-electron chi connectivity index (χ4n) is 2.65. The van der Waals surface area contributed by atoms with Crippen molar-refractivity contribution < 1.29 is 4.74 Å². The first-order valence-electron chi connectivity index (χ1n) is 5.87. The molecule has 82 valence electrons. The van der Waals surface area contributed by atoms with Crippen molar-refractivity contribution in [1.29, 1.82) is 0 Å². The number of ether oxygens (including phenoxy) is 1. The van der Waals surface area contributed by atoms with E-state index < -0.39 is 0 Å². The van der Waals surface area contributed by atoms with Crippen molar-refractivity contribution >= 4 is 0 Å². The van der Waals surface area contributed by atoms with Crippen molar-refractivity contribution in [2.75, 3.05) is 6.61 Å². The molecule has 1 aliphatic heterocycles. The third kappa shape index (κ3) is 2.69. The van der Waals surface area contributed by atoms with Gasteiger partial charge in [0, 0.05) is 24.7 Å². The number of nitrogens with one attached hydrogen (secondary N) is 1. The van der Waals surface area contributed by atoms with Gasteiger partial charge in [-0.1, -0.05) is 0 Å². The predicted molar refractivity (Wildman–Crippen MR) is 57.2 cm³/mol. The maximum Gasteiger partial charge on any atom is 0.0561 e. The lowest BCUT2D eigenvalue weighted by Crippen LogP contribution is -2.43. The van der Waals surface area contributed by atoms with Crippen molar-refractivity contribution in [3.8, 4) is 0 Å². The highest BCUT2D eigenvalue weighted by molar-refractivity contribution is 4.86. The molecule has 1 heterocycles. The minimum atomic E-state index is 0.427. The Morgan fingerprint density at radius 2 is 1.93 bits per heavy atom. The van der Waals surface area contributed by atoms with E-state index in [2.05, 4.69) is 12.2 Å². The molecule has 3 N–H and O–H groups in total. The van der Waals surface area contributed by atoms with Crippen molar-refractivity contribution in [2.24, 2.45) is 5.73 Å². The number of hydrogen-bond donors (Lipinski definition) is 2. The molecule has 1 aliphatic carbocycles. The molecule has 0 aromatic heterocycles. The first-order chi connectivity index (χ1) is 6.74. The van der Waals surface area contributed by atoms with Gasteiger partial charge >= 0.3 is 0 Å². The Hall–Kier alpha value is -0.120. The standard InChI is InChI=1S/C11H22N2O/c1-8-6-11(4-5-14-8)13-10-3-2-9(12)7-10/h8-11,13H,2-7,12H2,1H3. The summed E-state index contributed by atoms with van der Waals surface area (Å²) in [4.78, 5) is 0. The summed E-state index contributed by atoms with van der Waals surface area (Å²) in [5.74, 6) is 0. The second-order valence-corrected chi connectivity index (χ2v) is 4.84. The Morgan fingerprint density at radius 3 is 2.57 bits per heavy atom. The highest BCUT2D eigenvalue weighted by Crippen LogP contribution is 2.20. The van der Waals surface area contributed by atoms with Crippen LogP contribution in [-0.2, 0) is 4.74 Å². The molecule has 1 saturated heterocycles. The van der Waals surface area contributed by atoms with Gasteiger partial charge in [-0.15, -0.1) is 0 Å². The lowest BCUT2D eigenvalue weighted by atomic mass is 10.0. The van der Waals surface area contributed by atoms with Crippen LogP contribution in [0.2, 0.25) is 0 Å². The third-order valence-electron chi connectivity index (χ3n) is 3.43. The smallest absolute Gasteiger partial charge is 0.0561 e. The largest absolute Gasteiger partial charge is 0.378 e. The van der Waals surface area contributed by atoms with Crippen molar-refractivity contribution in [3.05, 3.63) is 0 Å². The summed E-state index contributed by atoms with van der Waals surface area (Å²) in [6.07, 6.45) is 6.35. The maximum absolute atomic E-state index is 5.89. The average Bonchev–Trinajstić information content (AvgIpc) is 2.51. The molecule has 3 nitrogen and oxygen atoms in total. The zero-order chi connectivity index (χ0) is 9.97. The van der Waals surface area contributed by atoms with Gasteiger partial charge in [-0.3, -0.25) is 0 Å². The normalized spacial score (nSPS) is 44.1. The molecule has 0 amide bonds. The van der Waals surface area contributed by atoms with E-state index in [9.17, 15) is 0 Å². The van der Waals surface area contributed by atoms with E-state index in [0.29, 0.717) is 24.2 Å². The van der Waals surface area contributed by atoms with Gasteiger partial charge in [0.15, 0.2) is 0 Å². The molecule has 0 aromatic rings. The highest BCUT2D eigenvalue weighted by Gasteiger charge is 2.26. The quantitative estimate of drug-likeness (QED) is 0.696. The fourth-order valence-corrected chi connectivity index (χ4v) is 2.65. The van der Waals surface area contributed by atoms with Gasteiger partial charge in [-0.05, 0) is 39.0 Å². The maximum atomic E-state index is 5.89. The molecule has 2 rings (SSSR count). The molecule has 0 aromatic carbocycles. The summed E-state index contributed by atoms with van der Waals surface area (Å²) in [6, 6.07) is 1.76.